The van der Waals surface area contributed by atoms with Gasteiger partial charge in [-0.05, 0) is 12.1 Å². The van der Waals surface area contributed by atoms with E-state index in [1.807, 2.05) is 17.5 Å². The van der Waals surface area contributed by atoms with E-state index >= 15 is 0 Å². The normalized spacial score (nSPS) is 10.2. The van der Waals surface area contributed by atoms with Gasteiger partial charge >= 0.3 is 5.97 Å². The number of esters is 1. The van der Waals surface area contributed by atoms with E-state index in [0.29, 0.717) is 5.13 Å². The third kappa shape index (κ3) is 3.62. The highest BCUT2D eigenvalue weighted by Gasteiger charge is 2.10. The van der Waals surface area contributed by atoms with Crippen LogP contribution in [0.4, 0.5) is 5.13 Å². The number of nitrogens with one attached hydrogen (secondary N) is 1. The summed E-state index contributed by atoms with van der Waals surface area (Å²) < 4.78 is 4.62. The fourth-order valence-electron chi connectivity index (χ4n) is 1.42. The molecule has 19 heavy (non-hydrogen) atoms. The Morgan fingerprint density at radius 1 is 1.42 bits per heavy atom. The van der Waals surface area contributed by atoms with Crippen LogP contribution in [-0.2, 0) is 20.7 Å². The van der Waals surface area contributed by atoms with E-state index in [2.05, 4.69) is 15.0 Å². The molecule has 0 saturated heterocycles. The number of thiazole rings is 1. The van der Waals surface area contributed by atoms with Gasteiger partial charge in [0.05, 0.1) is 24.1 Å². The predicted molar refractivity (Wildman–Crippen MR) is 75.5 cm³/mol. The molecular formula is C12H12N2O3S2. The van der Waals surface area contributed by atoms with Crippen LogP contribution in [0.15, 0.2) is 17.5 Å². The van der Waals surface area contributed by atoms with Crippen LogP contribution in [0.3, 0.4) is 0 Å². The van der Waals surface area contributed by atoms with Gasteiger partial charge in [-0.2, -0.15) is 0 Å². The van der Waals surface area contributed by atoms with Crippen molar-refractivity contribution in [1.82, 2.24) is 4.98 Å². The van der Waals surface area contributed by atoms with E-state index in [9.17, 15) is 9.59 Å². The van der Waals surface area contributed by atoms with Crippen molar-refractivity contribution in [3.05, 3.63) is 22.4 Å². The van der Waals surface area contributed by atoms with Crippen molar-refractivity contribution in [3.63, 3.8) is 0 Å². The lowest BCUT2D eigenvalue weighted by Crippen LogP contribution is -2.04. The maximum Gasteiger partial charge on any atom is 0.310 e. The minimum absolute atomic E-state index is 0.140. The van der Waals surface area contributed by atoms with Crippen LogP contribution >= 0.6 is 22.7 Å². The number of anilines is 1. The lowest BCUT2D eigenvalue weighted by molar-refractivity contribution is -0.139. The van der Waals surface area contributed by atoms with Crippen molar-refractivity contribution in [2.45, 2.75) is 13.3 Å². The zero-order valence-electron chi connectivity index (χ0n) is 10.4. The van der Waals surface area contributed by atoms with Gasteiger partial charge in [0.15, 0.2) is 5.13 Å². The van der Waals surface area contributed by atoms with E-state index in [4.69, 9.17) is 0 Å². The number of amides is 1. The summed E-state index contributed by atoms with van der Waals surface area (Å²) in [6.45, 7) is 1.45. The molecule has 2 aromatic heterocycles. The summed E-state index contributed by atoms with van der Waals surface area (Å²) in [6, 6.07) is 3.80. The van der Waals surface area contributed by atoms with Crippen molar-refractivity contribution >= 4 is 39.7 Å². The van der Waals surface area contributed by atoms with Gasteiger partial charge in [0.2, 0.25) is 5.91 Å². The van der Waals surface area contributed by atoms with E-state index in [-0.39, 0.29) is 18.3 Å². The van der Waals surface area contributed by atoms with Gasteiger partial charge < -0.3 is 10.1 Å². The summed E-state index contributed by atoms with van der Waals surface area (Å²) in [5, 5.41) is 5.09. The van der Waals surface area contributed by atoms with E-state index in [1.165, 1.54) is 36.7 Å². The summed E-state index contributed by atoms with van der Waals surface area (Å²) >= 11 is 2.86. The molecule has 0 radical (unpaired) electrons. The SMILES string of the molecule is COC(=O)Cc1ccc(-c2csc(NC(C)=O)n2)s1. The lowest BCUT2D eigenvalue weighted by atomic mass is 10.3. The molecule has 2 heterocycles. The molecule has 1 N–H and O–H groups in total. The Kier molecular flexibility index (Phi) is 4.28. The fraction of sp³-hybridized carbons (Fsp3) is 0.250. The number of thiophene rings is 1. The predicted octanol–water partition coefficient (Wildman–Crippen LogP) is 2.55. The number of aromatic nitrogens is 1. The van der Waals surface area contributed by atoms with Crippen molar-refractivity contribution in [1.29, 1.82) is 0 Å². The Morgan fingerprint density at radius 2 is 2.21 bits per heavy atom. The first kappa shape index (κ1) is 13.7. The van der Waals surface area contributed by atoms with Gasteiger partial charge in [-0.15, -0.1) is 22.7 Å². The second-order valence-corrected chi connectivity index (χ2v) is 5.76. The van der Waals surface area contributed by atoms with Crippen molar-refractivity contribution in [2.24, 2.45) is 0 Å². The molecule has 2 aromatic rings. The largest absolute Gasteiger partial charge is 0.469 e. The molecule has 0 unspecified atom stereocenters. The van der Waals surface area contributed by atoms with Crippen molar-refractivity contribution < 1.29 is 14.3 Å². The van der Waals surface area contributed by atoms with Crippen LogP contribution in [0.2, 0.25) is 0 Å². The number of carbonyl (C=O) groups excluding carboxylic acids is 2. The summed E-state index contributed by atoms with van der Waals surface area (Å²) in [6.07, 6.45) is 0.268. The minimum atomic E-state index is -0.259. The number of carbonyl (C=O) groups is 2. The Labute approximate surface area is 118 Å². The quantitative estimate of drug-likeness (QED) is 0.880. The number of hydrogen-bond donors (Lipinski definition) is 1. The van der Waals surface area contributed by atoms with Crippen molar-refractivity contribution in [3.8, 4) is 10.6 Å². The zero-order valence-corrected chi connectivity index (χ0v) is 12.1. The molecule has 0 atom stereocenters. The number of hydrogen-bond acceptors (Lipinski definition) is 6. The van der Waals surface area contributed by atoms with Crippen LogP contribution in [0.5, 0.6) is 0 Å². The molecule has 0 spiro atoms. The first-order valence-electron chi connectivity index (χ1n) is 5.47. The van der Waals surface area contributed by atoms with E-state index < -0.39 is 0 Å². The number of rotatable bonds is 4. The molecule has 0 fully saturated rings. The molecule has 0 aliphatic carbocycles. The molecule has 5 nitrogen and oxygen atoms in total. The van der Waals surface area contributed by atoms with Crippen LogP contribution in [0, 0.1) is 0 Å². The highest BCUT2D eigenvalue weighted by molar-refractivity contribution is 7.17. The van der Waals surface area contributed by atoms with Gasteiger partial charge in [0, 0.05) is 17.2 Å². The van der Waals surface area contributed by atoms with Crippen LogP contribution < -0.4 is 5.32 Å². The number of ether oxygens (including phenoxy) is 1. The average molecular weight is 296 g/mol. The monoisotopic (exact) mass is 296 g/mol. The molecule has 0 aromatic carbocycles. The summed E-state index contributed by atoms with van der Waals surface area (Å²) in [7, 11) is 1.37. The third-order valence-electron chi connectivity index (χ3n) is 2.25. The fourth-order valence-corrected chi connectivity index (χ4v) is 3.20. The Bertz CT molecular complexity index is 604. The molecule has 2 rings (SSSR count). The van der Waals surface area contributed by atoms with Gasteiger partial charge in [-0.1, -0.05) is 0 Å². The smallest absolute Gasteiger partial charge is 0.310 e. The number of methoxy groups -OCH3 is 1. The molecule has 7 heteroatoms. The summed E-state index contributed by atoms with van der Waals surface area (Å²) in [5.41, 5.74) is 0.801. The maximum atomic E-state index is 11.2. The van der Waals surface area contributed by atoms with E-state index in [0.717, 1.165) is 15.4 Å². The Hall–Kier alpha value is -1.73. The Morgan fingerprint density at radius 3 is 2.89 bits per heavy atom. The molecule has 1 amide bonds. The highest BCUT2D eigenvalue weighted by atomic mass is 32.1. The van der Waals surface area contributed by atoms with Crippen LogP contribution in [-0.4, -0.2) is 24.0 Å². The minimum Gasteiger partial charge on any atom is -0.469 e. The van der Waals surface area contributed by atoms with Gasteiger partial charge in [-0.3, -0.25) is 9.59 Å². The summed E-state index contributed by atoms with van der Waals surface area (Å²) in [5.74, 6) is -0.399. The molecular weight excluding hydrogens is 284 g/mol. The molecule has 0 aliphatic rings. The standard InChI is InChI=1S/C12H12N2O3S2/c1-7(15)13-12-14-9(6-18-12)10-4-3-8(19-10)5-11(16)17-2/h3-4,6H,5H2,1-2H3,(H,13,14,15). The molecule has 100 valence electrons. The zero-order chi connectivity index (χ0) is 13.8. The van der Waals surface area contributed by atoms with Gasteiger partial charge in [-0.25, -0.2) is 4.98 Å². The first-order chi connectivity index (χ1) is 9.08. The second kappa shape index (κ2) is 5.94. The Balaban J connectivity index is 2.11. The average Bonchev–Trinajstić information content (AvgIpc) is 2.97. The molecule has 0 saturated carbocycles. The van der Waals surface area contributed by atoms with Crippen LogP contribution in [0.1, 0.15) is 11.8 Å². The second-order valence-electron chi connectivity index (χ2n) is 3.74. The van der Waals surface area contributed by atoms with E-state index in [1.54, 1.807) is 0 Å². The lowest BCUT2D eigenvalue weighted by Gasteiger charge is -1.95. The third-order valence-corrected chi connectivity index (χ3v) is 4.11. The number of nitrogens with zero attached hydrogens (tertiary/aromatic N) is 1. The van der Waals surface area contributed by atoms with Crippen LogP contribution in [0.25, 0.3) is 10.6 Å². The van der Waals surface area contributed by atoms with Gasteiger partial charge in [0.25, 0.3) is 0 Å². The topological polar surface area (TPSA) is 68.3 Å². The van der Waals surface area contributed by atoms with Gasteiger partial charge in [0.1, 0.15) is 0 Å². The van der Waals surface area contributed by atoms with Crippen molar-refractivity contribution in [2.75, 3.05) is 12.4 Å². The molecule has 0 bridgehead atoms. The highest BCUT2D eigenvalue weighted by Crippen LogP contribution is 2.31. The maximum absolute atomic E-state index is 11.2. The first-order valence-corrected chi connectivity index (χ1v) is 7.17. The summed E-state index contributed by atoms with van der Waals surface area (Å²) in [4.78, 5) is 28.3. The molecule has 0 aliphatic heterocycles.